The van der Waals surface area contributed by atoms with E-state index in [1.807, 2.05) is 18.2 Å². The Kier molecular flexibility index (Phi) is 11.0. The average molecular weight is 347 g/mol. The van der Waals surface area contributed by atoms with E-state index in [0.29, 0.717) is 6.54 Å². The summed E-state index contributed by atoms with van der Waals surface area (Å²) < 4.78 is 5.46. The van der Waals surface area contributed by atoms with Crippen molar-refractivity contribution in [1.82, 2.24) is 10.6 Å². The first-order valence-corrected chi connectivity index (χ1v) is 6.93. The highest BCUT2D eigenvalue weighted by Crippen LogP contribution is 2.27. The van der Waals surface area contributed by atoms with Gasteiger partial charge in [0.05, 0.1) is 13.7 Å². The highest BCUT2D eigenvalue weighted by Gasteiger charge is 2.07. The number of ether oxygens (including phenoxy) is 1. The summed E-state index contributed by atoms with van der Waals surface area (Å²) in [4.78, 5) is 0. The minimum absolute atomic E-state index is 0. The van der Waals surface area contributed by atoms with Gasteiger partial charge in [-0.15, -0.1) is 24.8 Å². The molecule has 3 N–H and O–H groups in total. The summed E-state index contributed by atoms with van der Waals surface area (Å²) >= 11 is 0. The van der Waals surface area contributed by atoms with Gasteiger partial charge in [0.1, 0.15) is 5.75 Å². The Morgan fingerprint density at radius 1 is 0.955 bits per heavy atom. The van der Waals surface area contributed by atoms with Crippen molar-refractivity contribution < 1.29 is 9.84 Å². The summed E-state index contributed by atoms with van der Waals surface area (Å²) in [5.74, 6) is 0.916. The number of aliphatic hydroxyl groups excluding tert-OH is 1. The summed E-state index contributed by atoms with van der Waals surface area (Å²) in [6.07, 6.45) is 0. The van der Waals surface area contributed by atoms with Gasteiger partial charge in [0.2, 0.25) is 0 Å². The monoisotopic (exact) mass is 346 g/mol. The largest absolute Gasteiger partial charge is 0.496 e. The van der Waals surface area contributed by atoms with Crippen molar-refractivity contribution in [2.24, 2.45) is 0 Å². The number of aliphatic hydroxyl groups is 1. The first kappa shape index (κ1) is 21.0. The van der Waals surface area contributed by atoms with E-state index in [2.05, 4.69) is 28.8 Å². The molecule has 124 valence electrons. The van der Waals surface area contributed by atoms with Crippen LogP contribution in [-0.4, -0.2) is 38.5 Å². The van der Waals surface area contributed by atoms with Crippen LogP contribution in [-0.2, 0) is 6.54 Å². The van der Waals surface area contributed by atoms with Gasteiger partial charge < -0.3 is 20.5 Å². The smallest absolute Gasteiger partial charge is 0.123 e. The van der Waals surface area contributed by atoms with E-state index >= 15 is 0 Å². The molecule has 0 saturated carbocycles. The molecule has 0 unspecified atom stereocenters. The summed E-state index contributed by atoms with van der Waals surface area (Å²) in [5, 5.41) is 17.7. The van der Waals surface area contributed by atoms with Gasteiger partial charge in [-0.1, -0.05) is 30.3 Å². The second-order valence-electron chi connectivity index (χ2n) is 4.62. The normalized spacial score (nSPS) is 9.91. The van der Waals surface area contributed by atoms with Crippen LogP contribution >= 0.6 is 24.8 Å². The minimum Gasteiger partial charge on any atom is -0.496 e. The van der Waals surface area contributed by atoms with Crippen LogP contribution < -0.4 is 15.4 Å². The Balaban J connectivity index is 0.00000220. The van der Waals surface area contributed by atoms with Crippen LogP contribution in [0.5, 0.6) is 5.75 Å². The fourth-order valence-electron chi connectivity index (χ4n) is 2.28. The number of methoxy groups -OCH3 is 1. The molecule has 0 heterocycles. The molecule has 0 aromatic heterocycles. The van der Waals surface area contributed by atoms with E-state index < -0.39 is 0 Å². The van der Waals surface area contributed by atoms with Crippen LogP contribution in [0.2, 0.25) is 0 Å². The van der Waals surface area contributed by atoms with Crippen LogP contribution in [0.4, 0.5) is 0 Å². The van der Waals surface area contributed by atoms with Crippen molar-refractivity contribution in [2.75, 3.05) is 33.4 Å². The van der Waals surface area contributed by atoms with Gasteiger partial charge in [0.15, 0.2) is 0 Å². The Morgan fingerprint density at radius 2 is 1.68 bits per heavy atom. The third-order valence-corrected chi connectivity index (χ3v) is 3.29. The van der Waals surface area contributed by atoms with Crippen molar-refractivity contribution >= 4 is 35.6 Å². The quantitative estimate of drug-likeness (QED) is 0.642. The van der Waals surface area contributed by atoms with E-state index in [0.717, 1.165) is 25.4 Å². The molecule has 0 aliphatic rings. The number of rotatable bonds is 8. The lowest BCUT2D eigenvalue weighted by molar-refractivity contribution is 0.292. The maximum Gasteiger partial charge on any atom is 0.123 e. The second-order valence-corrected chi connectivity index (χ2v) is 4.62. The van der Waals surface area contributed by atoms with Crippen LogP contribution in [0.25, 0.3) is 10.8 Å². The van der Waals surface area contributed by atoms with Crippen molar-refractivity contribution in [1.29, 1.82) is 0 Å². The molecule has 0 saturated heterocycles. The lowest BCUT2D eigenvalue weighted by Crippen LogP contribution is -2.28. The zero-order valence-corrected chi connectivity index (χ0v) is 14.3. The van der Waals surface area contributed by atoms with Crippen LogP contribution in [0, 0.1) is 0 Å². The highest BCUT2D eigenvalue weighted by atomic mass is 35.5. The SMILES string of the molecule is COc1ccc2ccccc2c1CNCCNCCO.Cl.Cl. The summed E-state index contributed by atoms with van der Waals surface area (Å²) in [5.41, 5.74) is 1.19. The van der Waals surface area contributed by atoms with Gasteiger partial charge in [-0.3, -0.25) is 0 Å². The van der Waals surface area contributed by atoms with Gasteiger partial charge >= 0.3 is 0 Å². The lowest BCUT2D eigenvalue weighted by atomic mass is 10.0. The van der Waals surface area contributed by atoms with Crippen LogP contribution in [0.1, 0.15) is 5.56 Å². The molecular weight excluding hydrogens is 323 g/mol. The molecule has 22 heavy (non-hydrogen) atoms. The summed E-state index contributed by atoms with van der Waals surface area (Å²) in [7, 11) is 1.70. The van der Waals surface area contributed by atoms with Gasteiger partial charge in [-0.2, -0.15) is 0 Å². The Labute approximate surface area is 144 Å². The molecule has 0 aliphatic carbocycles. The number of hydrogen-bond acceptors (Lipinski definition) is 4. The zero-order chi connectivity index (χ0) is 14.2. The molecule has 0 aliphatic heterocycles. The predicted octanol–water partition coefficient (Wildman–Crippen LogP) is 2.36. The maximum absolute atomic E-state index is 8.69. The summed E-state index contributed by atoms with van der Waals surface area (Å²) in [6, 6.07) is 12.4. The van der Waals surface area contributed by atoms with Gasteiger partial charge in [0, 0.05) is 31.7 Å². The fourth-order valence-corrected chi connectivity index (χ4v) is 2.28. The van der Waals surface area contributed by atoms with E-state index in [4.69, 9.17) is 9.84 Å². The number of nitrogens with one attached hydrogen (secondary N) is 2. The number of hydrogen-bond donors (Lipinski definition) is 3. The van der Waals surface area contributed by atoms with Gasteiger partial charge in [-0.05, 0) is 16.8 Å². The molecule has 4 nitrogen and oxygen atoms in total. The topological polar surface area (TPSA) is 53.5 Å². The maximum atomic E-state index is 8.69. The van der Waals surface area contributed by atoms with E-state index in [-0.39, 0.29) is 31.4 Å². The Morgan fingerprint density at radius 3 is 2.41 bits per heavy atom. The Hall–Kier alpha value is -1.04. The van der Waals surface area contributed by atoms with Gasteiger partial charge in [0.25, 0.3) is 0 Å². The van der Waals surface area contributed by atoms with Gasteiger partial charge in [-0.25, -0.2) is 0 Å². The van der Waals surface area contributed by atoms with Crippen molar-refractivity contribution in [3.63, 3.8) is 0 Å². The molecule has 0 amide bonds. The standard InChI is InChI=1S/C16H22N2O2.2ClH/c1-20-16-7-6-13-4-2-3-5-14(13)15(16)12-18-9-8-17-10-11-19;;/h2-7,17-19H,8-12H2,1H3;2*1H. The Bertz CT molecular complexity index is 553. The zero-order valence-electron chi connectivity index (χ0n) is 12.7. The highest BCUT2D eigenvalue weighted by molar-refractivity contribution is 5.87. The second kappa shape index (κ2) is 11.5. The average Bonchev–Trinajstić information content (AvgIpc) is 2.50. The molecular formula is C16H24Cl2N2O2. The van der Waals surface area contributed by atoms with E-state index in [1.165, 1.54) is 16.3 Å². The molecule has 0 spiro atoms. The first-order chi connectivity index (χ1) is 9.86. The third kappa shape index (κ3) is 5.63. The fraction of sp³-hybridized carbons (Fsp3) is 0.375. The molecule has 2 aromatic rings. The molecule has 6 heteroatoms. The van der Waals surface area contributed by atoms with Crippen molar-refractivity contribution in [3.8, 4) is 5.75 Å². The van der Waals surface area contributed by atoms with E-state index in [1.54, 1.807) is 7.11 Å². The number of halogens is 2. The van der Waals surface area contributed by atoms with Crippen molar-refractivity contribution in [2.45, 2.75) is 6.54 Å². The number of fused-ring (bicyclic) bond motifs is 1. The molecule has 0 fully saturated rings. The lowest BCUT2D eigenvalue weighted by Gasteiger charge is -2.13. The minimum atomic E-state index is 0. The molecule has 2 rings (SSSR count). The number of benzene rings is 2. The van der Waals surface area contributed by atoms with Crippen LogP contribution in [0.15, 0.2) is 36.4 Å². The summed E-state index contributed by atoms with van der Waals surface area (Å²) in [6.45, 7) is 3.28. The van der Waals surface area contributed by atoms with Crippen molar-refractivity contribution in [3.05, 3.63) is 42.0 Å². The first-order valence-electron chi connectivity index (χ1n) is 6.93. The molecule has 0 radical (unpaired) electrons. The third-order valence-electron chi connectivity index (χ3n) is 3.29. The van der Waals surface area contributed by atoms with E-state index in [9.17, 15) is 0 Å². The molecule has 0 bridgehead atoms. The predicted molar refractivity (Wildman–Crippen MR) is 96.7 cm³/mol. The van der Waals surface area contributed by atoms with Crippen LogP contribution in [0.3, 0.4) is 0 Å². The molecule has 2 aromatic carbocycles. The molecule has 0 atom stereocenters.